The van der Waals surface area contributed by atoms with Crippen LogP contribution >= 0.6 is 23.5 Å². The number of rotatable bonds is 5. The van der Waals surface area contributed by atoms with Crippen molar-refractivity contribution in [1.82, 2.24) is 4.90 Å². The maximum absolute atomic E-state index is 13.3. The van der Waals surface area contributed by atoms with Crippen molar-refractivity contribution in [3.63, 3.8) is 0 Å². The highest BCUT2D eigenvalue weighted by Crippen LogP contribution is 2.57. The number of carbonyl (C=O) groups is 2. The summed E-state index contributed by atoms with van der Waals surface area (Å²) in [6, 6.07) is 0. The maximum Gasteiger partial charge on any atom is 0.440 e. The molecule has 0 aliphatic carbocycles. The van der Waals surface area contributed by atoms with E-state index in [1.807, 2.05) is 0 Å². The molecule has 0 spiro atoms. The smallest absolute Gasteiger partial charge is 0.440 e. The number of hydrogen-bond acceptors (Lipinski definition) is 11. The zero-order valence-electron chi connectivity index (χ0n) is 12.6. The fourth-order valence-corrected chi connectivity index (χ4v) is 5.86. The van der Waals surface area contributed by atoms with Crippen LogP contribution in [0.5, 0.6) is 0 Å². The topological polar surface area (TPSA) is 108 Å². The van der Waals surface area contributed by atoms with Crippen LogP contribution in [0, 0.1) is 0 Å². The van der Waals surface area contributed by atoms with Crippen LogP contribution in [0.25, 0.3) is 0 Å². The van der Waals surface area contributed by atoms with Crippen LogP contribution in [-0.2, 0) is 38.5 Å². The number of morpholine rings is 1. The Kier molecular flexibility index (Phi) is 6.14. The van der Waals surface area contributed by atoms with E-state index in [-0.39, 0.29) is 36.1 Å². The van der Waals surface area contributed by atoms with Crippen molar-refractivity contribution in [2.24, 2.45) is 0 Å². The van der Waals surface area contributed by atoms with Crippen molar-refractivity contribution in [2.75, 3.05) is 40.5 Å². The molecule has 9 nitrogen and oxygen atoms in total. The van der Waals surface area contributed by atoms with Crippen molar-refractivity contribution in [2.45, 2.75) is 4.39 Å². The number of carbonyl (C=O) groups excluding carboxylic acids is 2. The Hall–Kier alpha value is -0.860. The molecule has 2 aliphatic rings. The van der Waals surface area contributed by atoms with Crippen LogP contribution in [0.2, 0.25) is 0 Å². The van der Waals surface area contributed by atoms with Gasteiger partial charge in [0.05, 0.1) is 27.4 Å². The summed E-state index contributed by atoms with van der Waals surface area (Å²) in [5.74, 6) is -1.77. The van der Waals surface area contributed by atoms with Gasteiger partial charge >= 0.3 is 22.4 Å². The first kappa shape index (κ1) is 19.5. The molecule has 0 bridgehead atoms. The predicted molar refractivity (Wildman–Crippen MR) is 82.5 cm³/mol. The molecule has 0 aromatic rings. The SMILES string of the molecule is COC(=O)C1=C(C(=O)OC)SC(OS(=O)(=O)F)(N2CCOCC2)S1. The molecule has 0 N–H and O–H groups in total. The first-order chi connectivity index (χ1) is 11.2. The number of thioether (sulfide) groups is 2. The molecule has 0 aromatic heterocycles. The fraction of sp³-hybridized carbons (Fsp3) is 0.636. The summed E-state index contributed by atoms with van der Waals surface area (Å²) in [5, 5.41) is 0. The molecule has 2 rings (SSSR count). The highest BCUT2D eigenvalue weighted by atomic mass is 32.3. The Labute approximate surface area is 146 Å². The number of ether oxygens (including phenoxy) is 3. The zero-order chi connectivity index (χ0) is 18.0. The lowest BCUT2D eigenvalue weighted by molar-refractivity contribution is -0.138. The Balaban J connectivity index is 2.42. The molecular formula is C11H14FNO8S3. The minimum absolute atomic E-state index is 0.207. The second-order valence-electron chi connectivity index (χ2n) is 4.45. The van der Waals surface area contributed by atoms with Crippen molar-refractivity contribution in [1.29, 1.82) is 0 Å². The summed E-state index contributed by atoms with van der Waals surface area (Å²) in [4.78, 5) is 24.9. The Morgan fingerprint density at radius 1 is 1.12 bits per heavy atom. The first-order valence-electron chi connectivity index (χ1n) is 6.49. The van der Waals surface area contributed by atoms with Gasteiger partial charge in [0.1, 0.15) is 9.81 Å². The molecule has 24 heavy (non-hydrogen) atoms. The Bertz CT molecular complexity index is 630. The Morgan fingerprint density at radius 2 is 1.58 bits per heavy atom. The molecule has 0 radical (unpaired) electrons. The van der Waals surface area contributed by atoms with Gasteiger partial charge in [0, 0.05) is 13.1 Å². The van der Waals surface area contributed by atoms with Gasteiger partial charge in [-0.2, -0.15) is 12.6 Å². The summed E-state index contributed by atoms with van der Waals surface area (Å²) < 4.78 is 52.6. The molecule has 1 saturated heterocycles. The van der Waals surface area contributed by atoms with E-state index in [0.717, 1.165) is 14.2 Å². The van der Waals surface area contributed by atoms with Crippen molar-refractivity contribution in [3.05, 3.63) is 9.81 Å². The molecule has 13 heteroatoms. The number of esters is 2. The molecular weight excluding hydrogens is 389 g/mol. The molecule has 136 valence electrons. The largest absolute Gasteiger partial charge is 0.465 e. The summed E-state index contributed by atoms with van der Waals surface area (Å²) in [7, 11) is -3.19. The van der Waals surface area contributed by atoms with Crippen LogP contribution in [0.1, 0.15) is 0 Å². The average Bonchev–Trinajstić information content (AvgIpc) is 2.93. The predicted octanol–water partition coefficient (Wildman–Crippen LogP) is 0.198. The average molecular weight is 403 g/mol. The van der Waals surface area contributed by atoms with Gasteiger partial charge in [-0.15, -0.1) is 0 Å². The molecule has 2 aliphatic heterocycles. The van der Waals surface area contributed by atoms with E-state index in [1.54, 1.807) is 0 Å². The van der Waals surface area contributed by atoms with Crippen LogP contribution in [0.4, 0.5) is 3.89 Å². The van der Waals surface area contributed by atoms with Gasteiger partial charge in [0.25, 0.3) is 0 Å². The van der Waals surface area contributed by atoms with Gasteiger partial charge in [0.2, 0.25) is 4.39 Å². The minimum atomic E-state index is -5.38. The van der Waals surface area contributed by atoms with Crippen LogP contribution in [-0.4, -0.2) is 70.2 Å². The van der Waals surface area contributed by atoms with E-state index in [9.17, 15) is 21.9 Å². The molecule has 0 aromatic carbocycles. The summed E-state index contributed by atoms with van der Waals surface area (Å²) in [6.45, 7) is 0.913. The van der Waals surface area contributed by atoms with Crippen molar-refractivity contribution < 1.29 is 40.3 Å². The fourth-order valence-electron chi connectivity index (χ4n) is 2.00. The van der Waals surface area contributed by atoms with E-state index in [4.69, 9.17) is 4.74 Å². The summed E-state index contributed by atoms with van der Waals surface area (Å²) in [5.41, 5.74) is 0. The van der Waals surface area contributed by atoms with E-state index in [0.29, 0.717) is 23.5 Å². The van der Waals surface area contributed by atoms with Crippen LogP contribution in [0.3, 0.4) is 0 Å². The molecule has 0 atom stereocenters. The minimum Gasteiger partial charge on any atom is -0.465 e. The standard InChI is InChI=1S/C11H14FNO8S3/c1-18-9(14)7-8(10(15)19-2)23-11(22-7,21-24(12,16)17)13-3-5-20-6-4-13/h3-6H2,1-2H3. The molecule has 0 unspecified atom stereocenters. The second kappa shape index (κ2) is 7.58. The Morgan fingerprint density at radius 3 is 1.96 bits per heavy atom. The number of halogens is 1. The van der Waals surface area contributed by atoms with Gasteiger partial charge in [-0.3, -0.25) is 4.90 Å². The lowest BCUT2D eigenvalue weighted by Crippen LogP contribution is -2.50. The number of methoxy groups -OCH3 is 2. The van der Waals surface area contributed by atoms with E-state index < -0.39 is 26.8 Å². The zero-order valence-corrected chi connectivity index (χ0v) is 15.1. The third-order valence-electron chi connectivity index (χ3n) is 3.01. The summed E-state index contributed by atoms with van der Waals surface area (Å²) >= 11 is 1.14. The van der Waals surface area contributed by atoms with Gasteiger partial charge < -0.3 is 14.2 Å². The molecule has 0 amide bonds. The third kappa shape index (κ3) is 4.21. The maximum atomic E-state index is 13.3. The van der Waals surface area contributed by atoms with Crippen LogP contribution < -0.4 is 0 Å². The molecule has 0 saturated carbocycles. The van der Waals surface area contributed by atoms with Crippen molar-refractivity contribution in [3.8, 4) is 0 Å². The molecule has 1 fully saturated rings. The van der Waals surface area contributed by atoms with E-state index in [1.165, 1.54) is 4.90 Å². The lowest BCUT2D eigenvalue weighted by Gasteiger charge is -2.39. The molecule has 2 heterocycles. The third-order valence-corrected chi connectivity index (χ3v) is 6.64. The van der Waals surface area contributed by atoms with Gasteiger partial charge in [-0.25, -0.2) is 9.59 Å². The first-order valence-corrected chi connectivity index (χ1v) is 9.43. The van der Waals surface area contributed by atoms with Crippen molar-refractivity contribution >= 4 is 46.0 Å². The van der Waals surface area contributed by atoms with Gasteiger partial charge in [-0.1, -0.05) is 27.4 Å². The number of hydrogen-bond donors (Lipinski definition) is 0. The summed E-state index contributed by atoms with van der Waals surface area (Å²) in [6.07, 6.45) is 0. The monoisotopic (exact) mass is 403 g/mol. The quantitative estimate of drug-likeness (QED) is 0.464. The lowest BCUT2D eigenvalue weighted by atomic mass is 10.5. The highest BCUT2D eigenvalue weighted by Gasteiger charge is 2.54. The van der Waals surface area contributed by atoms with Crippen LogP contribution in [0.15, 0.2) is 9.81 Å². The number of nitrogens with zero attached hydrogens (tertiary/aromatic N) is 1. The van der Waals surface area contributed by atoms with E-state index >= 15 is 0 Å². The van der Waals surface area contributed by atoms with Gasteiger partial charge in [-0.05, 0) is 0 Å². The highest BCUT2D eigenvalue weighted by molar-refractivity contribution is 8.25. The van der Waals surface area contributed by atoms with Gasteiger partial charge in [0.15, 0.2) is 0 Å². The second-order valence-corrected chi connectivity index (χ2v) is 7.99. The normalized spacial score (nSPS) is 21.6. The van der Waals surface area contributed by atoms with E-state index in [2.05, 4.69) is 13.7 Å².